The number of furan rings is 1. The molecular formula is C10H9NO4. The van der Waals surface area contributed by atoms with E-state index in [4.69, 9.17) is 13.7 Å². The number of nitrogens with zero attached hydrogens (tertiary/aromatic N) is 1. The van der Waals surface area contributed by atoms with Crippen molar-refractivity contribution in [3.63, 3.8) is 0 Å². The minimum Gasteiger partial charge on any atom is -0.472 e. The van der Waals surface area contributed by atoms with Gasteiger partial charge in [0.2, 0.25) is 0 Å². The largest absolute Gasteiger partial charge is 0.472 e. The molecule has 0 saturated carbocycles. The Morgan fingerprint density at radius 1 is 1.60 bits per heavy atom. The van der Waals surface area contributed by atoms with E-state index in [1.165, 1.54) is 18.7 Å². The Morgan fingerprint density at radius 3 is 3.07 bits per heavy atom. The van der Waals surface area contributed by atoms with Gasteiger partial charge >= 0.3 is 5.97 Å². The van der Waals surface area contributed by atoms with Crippen molar-refractivity contribution >= 4 is 5.97 Å². The molecule has 0 bridgehead atoms. The first-order valence-electron chi connectivity index (χ1n) is 4.37. The Kier molecular flexibility index (Phi) is 2.53. The van der Waals surface area contributed by atoms with Crippen molar-refractivity contribution in [3.8, 4) is 0 Å². The Bertz CT molecular complexity index is 444. The molecule has 0 aliphatic heterocycles. The number of aryl methyl sites for hydroxylation is 1. The number of hydrogen-bond donors (Lipinski definition) is 0. The summed E-state index contributed by atoms with van der Waals surface area (Å²) in [5.41, 5.74) is 1.15. The van der Waals surface area contributed by atoms with Gasteiger partial charge in [-0.15, -0.1) is 0 Å². The van der Waals surface area contributed by atoms with Gasteiger partial charge in [-0.1, -0.05) is 5.16 Å². The fraction of sp³-hybridized carbons (Fsp3) is 0.200. The number of carbonyl (C=O) groups excluding carboxylic acids is 1. The lowest BCUT2D eigenvalue weighted by atomic mass is 10.3. The standard InChI is InChI=1S/C10H9NO4/c1-7-9(4-11-15-7)10(12)14-6-8-2-3-13-5-8/h2-5H,6H2,1H3. The summed E-state index contributed by atoms with van der Waals surface area (Å²) in [4.78, 5) is 11.5. The fourth-order valence-electron chi connectivity index (χ4n) is 1.10. The van der Waals surface area contributed by atoms with Crippen molar-refractivity contribution in [2.45, 2.75) is 13.5 Å². The van der Waals surface area contributed by atoms with Crippen LogP contribution in [0.4, 0.5) is 0 Å². The molecule has 0 fully saturated rings. The Labute approximate surface area is 85.6 Å². The van der Waals surface area contributed by atoms with E-state index in [9.17, 15) is 4.79 Å². The van der Waals surface area contributed by atoms with E-state index in [2.05, 4.69) is 5.16 Å². The maximum atomic E-state index is 11.5. The minimum absolute atomic E-state index is 0.181. The van der Waals surface area contributed by atoms with E-state index in [0.717, 1.165) is 5.56 Å². The second-order valence-electron chi connectivity index (χ2n) is 3.00. The number of carbonyl (C=O) groups is 1. The van der Waals surface area contributed by atoms with Gasteiger partial charge in [0.15, 0.2) is 0 Å². The van der Waals surface area contributed by atoms with Gasteiger partial charge in [0.05, 0.1) is 18.7 Å². The van der Waals surface area contributed by atoms with E-state index in [1.54, 1.807) is 13.0 Å². The highest BCUT2D eigenvalue weighted by Gasteiger charge is 2.14. The topological polar surface area (TPSA) is 65.5 Å². The zero-order valence-electron chi connectivity index (χ0n) is 8.10. The van der Waals surface area contributed by atoms with E-state index < -0.39 is 5.97 Å². The molecule has 5 heteroatoms. The molecule has 0 N–H and O–H groups in total. The summed E-state index contributed by atoms with van der Waals surface area (Å²) in [6.45, 7) is 1.83. The normalized spacial score (nSPS) is 10.2. The first-order chi connectivity index (χ1) is 7.27. The van der Waals surface area contributed by atoms with Crippen LogP contribution in [0.1, 0.15) is 21.7 Å². The van der Waals surface area contributed by atoms with Crippen LogP contribution in [-0.2, 0) is 11.3 Å². The minimum atomic E-state index is -0.449. The molecule has 0 amide bonds. The molecule has 0 unspecified atom stereocenters. The molecule has 0 aliphatic carbocycles. The van der Waals surface area contributed by atoms with E-state index in [-0.39, 0.29) is 6.61 Å². The zero-order chi connectivity index (χ0) is 10.7. The van der Waals surface area contributed by atoms with Crippen LogP contribution in [0.2, 0.25) is 0 Å². The van der Waals surface area contributed by atoms with E-state index in [1.807, 2.05) is 0 Å². The molecule has 78 valence electrons. The maximum absolute atomic E-state index is 11.5. The van der Waals surface area contributed by atoms with Gasteiger partial charge in [-0.2, -0.15) is 0 Å². The first kappa shape index (κ1) is 9.51. The van der Waals surface area contributed by atoms with Gasteiger partial charge in [-0.05, 0) is 13.0 Å². The lowest BCUT2D eigenvalue weighted by molar-refractivity contribution is 0.0470. The Balaban J connectivity index is 1.96. The molecule has 2 aromatic rings. The molecule has 0 aliphatic rings. The highest BCUT2D eigenvalue weighted by Crippen LogP contribution is 2.09. The summed E-state index contributed by atoms with van der Waals surface area (Å²) < 4.78 is 14.6. The van der Waals surface area contributed by atoms with Crippen molar-refractivity contribution in [3.05, 3.63) is 41.7 Å². The molecule has 5 nitrogen and oxygen atoms in total. The van der Waals surface area contributed by atoms with Gasteiger partial charge in [0.25, 0.3) is 0 Å². The predicted molar refractivity (Wildman–Crippen MR) is 49.1 cm³/mol. The van der Waals surface area contributed by atoms with Crippen molar-refractivity contribution in [2.24, 2.45) is 0 Å². The zero-order valence-corrected chi connectivity index (χ0v) is 8.10. The smallest absolute Gasteiger partial charge is 0.343 e. The first-order valence-corrected chi connectivity index (χ1v) is 4.37. The number of rotatable bonds is 3. The third-order valence-electron chi connectivity index (χ3n) is 1.92. The van der Waals surface area contributed by atoms with E-state index >= 15 is 0 Å². The molecule has 2 aromatic heterocycles. The third-order valence-corrected chi connectivity index (χ3v) is 1.92. The predicted octanol–water partition coefficient (Wildman–Crippen LogP) is 1.93. The molecule has 0 radical (unpaired) electrons. The highest BCUT2D eigenvalue weighted by atomic mass is 16.5. The summed E-state index contributed by atoms with van der Waals surface area (Å²) in [7, 11) is 0. The monoisotopic (exact) mass is 207 g/mol. The van der Waals surface area contributed by atoms with Crippen LogP contribution in [0, 0.1) is 6.92 Å². The van der Waals surface area contributed by atoms with Crippen molar-refractivity contribution < 1.29 is 18.5 Å². The number of esters is 1. The third kappa shape index (κ3) is 2.07. The van der Waals surface area contributed by atoms with Gasteiger partial charge in [0, 0.05) is 5.56 Å². The second kappa shape index (κ2) is 4.00. The van der Waals surface area contributed by atoms with Crippen molar-refractivity contribution in [2.75, 3.05) is 0 Å². The SMILES string of the molecule is Cc1oncc1C(=O)OCc1ccoc1. The van der Waals surface area contributed by atoms with Crippen LogP contribution in [0.5, 0.6) is 0 Å². The molecule has 0 saturated heterocycles. The van der Waals surface area contributed by atoms with Crippen LogP contribution in [0.15, 0.2) is 33.7 Å². The van der Waals surface area contributed by atoms with Gasteiger partial charge in [-0.25, -0.2) is 4.79 Å². The lowest BCUT2D eigenvalue weighted by Gasteiger charge is -2.00. The van der Waals surface area contributed by atoms with E-state index in [0.29, 0.717) is 11.3 Å². The average Bonchev–Trinajstić information content (AvgIpc) is 2.84. The summed E-state index contributed by atoms with van der Waals surface area (Å²) in [6, 6.07) is 1.73. The average molecular weight is 207 g/mol. The molecule has 15 heavy (non-hydrogen) atoms. The molecule has 2 heterocycles. The molecule has 2 rings (SSSR count). The molecule has 0 atom stereocenters. The fourth-order valence-corrected chi connectivity index (χ4v) is 1.10. The Morgan fingerprint density at radius 2 is 2.47 bits per heavy atom. The van der Waals surface area contributed by atoms with Crippen LogP contribution >= 0.6 is 0 Å². The molecular weight excluding hydrogens is 198 g/mol. The molecule has 0 aromatic carbocycles. The number of ether oxygens (including phenoxy) is 1. The maximum Gasteiger partial charge on any atom is 0.343 e. The summed E-state index contributed by atoms with van der Waals surface area (Å²) in [5, 5.41) is 3.49. The summed E-state index contributed by atoms with van der Waals surface area (Å²) in [6.07, 6.45) is 4.38. The molecule has 0 spiro atoms. The number of aromatic nitrogens is 1. The highest BCUT2D eigenvalue weighted by molar-refractivity contribution is 5.89. The van der Waals surface area contributed by atoms with Gasteiger partial charge < -0.3 is 13.7 Å². The van der Waals surface area contributed by atoms with Crippen LogP contribution in [0.25, 0.3) is 0 Å². The Hall–Kier alpha value is -2.04. The quantitative estimate of drug-likeness (QED) is 0.719. The lowest BCUT2D eigenvalue weighted by Crippen LogP contribution is -2.04. The van der Waals surface area contributed by atoms with Crippen molar-refractivity contribution in [1.82, 2.24) is 5.16 Å². The van der Waals surface area contributed by atoms with Crippen molar-refractivity contribution in [1.29, 1.82) is 0 Å². The number of hydrogen-bond acceptors (Lipinski definition) is 5. The summed E-state index contributed by atoms with van der Waals surface area (Å²) >= 11 is 0. The van der Waals surface area contributed by atoms with Crippen LogP contribution in [0.3, 0.4) is 0 Å². The second-order valence-corrected chi connectivity index (χ2v) is 3.00. The van der Waals surface area contributed by atoms with Gasteiger partial charge in [-0.3, -0.25) is 0 Å². The summed E-state index contributed by atoms with van der Waals surface area (Å²) in [5.74, 6) is 0.00198. The van der Waals surface area contributed by atoms with Crippen LogP contribution in [-0.4, -0.2) is 11.1 Å². The van der Waals surface area contributed by atoms with Gasteiger partial charge in [0.1, 0.15) is 17.9 Å². The van der Waals surface area contributed by atoms with Crippen LogP contribution < -0.4 is 0 Å².